The van der Waals surface area contributed by atoms with Gasteiger partial charge in [-0.2, -0.15) is 8.78 Å². The number of imidazole rings is 1. The molecular formula is C6H9F2N3. The van der Waals surface area contributed by atoms with Crippen molar-refractivity contribution in [3.8, 4) is 0 Å². The van der Waals surface area contributed by atoms with E-state index in [-0.39, 0.29) is 11.6 Å². The molecule has 0 radical (unpaired) electrons. The molecule has 0 aromatic carbocycles. The largest absolute Gasteiger partial charge is 0.369 e. The van der Waals surface area contributed by atoms with Gasteiger partial charge in [-0.05, 0) is 6.92 Å². The SMILES string of the molecule is Cc1[nH]c(N)nc1C(C)(F)F. The minimum atomic E-state index is -2.92. The number of hydrogen-bond donors (Lipinski definition) is 2. The van der Waals surface area contributed by atoms with Crippen LogP contribution in [0.15, 0.2) is 0 Å². The normalized spacial score (nSPS) is 12.0. The molecule has 3 N–H and O–H groups in total. The molecule has 0 saturated carbocycles. The monoisotopic (exact) mass is 161 g/mol. The van der Waals surface area contributed by atoms with E-state index in [1.807, 2.05) is 0 Å². The average Bonchev–Trinajstić information content (AvgIpc) is 2.08. The molecule has 0 saturated heterocycles. The summed E-state index contributed by atoms with van der Waals surface area (Å²) in [7, 11) is 0. The summed E-state index contributed by atoms with van der Waals surface area (Å²) in [5.41, 5.74) is 5.21. The lowest BCUT2D eigenvalue weighted by atomic mass is 10.2. The quantitative estimate of drug-likeness (QED) is 0.654. The summed E-state index contributed by atoms with van der Waals surface area (Å²) in [5, 5.41) is 0. The third-order valence-corrected chi connectivity index (χ3v) is 1.32. The van der Waals surface area contributed by atoms with E-state index in [9.17, 15) is 8.78 Å². The van der Waals surface area contributed by atoms with E-state index in [0.717, 1.165) is 6.92 Å². The number of aryl methyl sites for hydroxylation is 1. The van der Waals surface area contributed by atoms with Gasteiger partial charge in [-0.1, -0.05) is 0 Å². The predicted octanol–water partition coefficient (Wildman–Crippen LogP) is 1.41. The molecule has 1 aromatic heterocycles. The number of nitrogens with two attached hydrogens (primary N) is 1. The lowest BCUT2D eigenvalue weighted by Crippen LogP contribution is -2.09. The molecule has 0 unspecified atom stereocenters. The molecule has 0 fully saturated rings. The van der Waals surface area contributed by atoms with Gasteiger partial charge < -0.3 is 10.7 Å². The lowest BCUT2D eigenvalue weighted by Gasteiger charge is -2.06. The second-order valence-corrected chi connectivity index (χ2v) is 2.48. The number of nitrogens with zero attached hydrogens (tertiary/aromatic N) is 1. The zero-order chi connectivity index (χ0) is 8.65. The zero-order valence-corrected chi connectivity index (χ0v) is 6.28. The first-order valence-electron chi connectivity index (χ1n) is 3.11. The molecule has 5 heteroatoms. The highest BCUT2D eigenvalue weighted by Gasteiger charge is 2.29. The van der Waals surface area contributed by atoms with Crippen molar-refractivity contribution in [3.63, 3.8) is 0 Å². The zero-order valence-electron chi connectivity index (χ0n) is 6.28. The fraction of sp³-hybridized carbons (Fsp3) is 0.500. The Balaban J connectivity index is 3.13. The van der Waals surface area contributed by atoms with Crippen LogP contribution in [-0.4, -0.2) is 9.97 Å². The number of rotatable bonds is 1. The number of aromatic amines is 1. The number of nitrogen functional groups attached to an aromatic ring is 1. The van der Waals surface area contributed by atoms with E-state index in [0.29, 0.717) is 5.69 Å². The fourth-order valence-corrected chi connectivity index (χ4v) is 0.911. The summed E-state index contributed by atoms with van der Waals surface area (Å²) >= 11 is 0. The van der Waals surface area contributed by atoms with Crippen LogP contribution in [0.1, 0.15) is 18.3 Å². The second-order valence-electron chi connectivity index (χ2n) is 2.48. The third-order valence-electron chi connectivity index (χ3n) is 1.32. The van der Waals surface area contributed by atoms with Crippen LogP contribution in [0.3, 0.4) is 0 Å². The van der Waals surface area contributed by atoms with Gasteiger partial charge in [0.05, 0.1) is 0 Å². The first-order chi connectivity index (χ1) is 4.91. The first kappa shape index (κ1) is 7.97. The van der Waals surface area contributed by atoms with Crippen LogP contribution >= 0.6 is 0 Å². The van der Waals surface area contributed by atoms with Crippen molar-refractivity contribution >= 4 is 5.95 Å². The lowest BCUT2D eigenvalue weighted by molar-refractivity contribution is 0.0126. The van der Waals surface area contributed by atoms with Gasteiger partial charge in [0, 0.05) is 12.6 Å². The van der Waals surface area contributed by atoms with Crippen LogP contribution in [0.5, 0.6) is 0 Å². The van der Waals surface area contributed by atoms with Crippen LogP contribution in [0.25, 0.3) is 0 Å². The van der Waals surface area contributed by atoms with Gasteiger partial charge in [-0.15, -0.1) is 0 Å². The number of H-pyrrole nitrogens is 1. The highest BCUT2D eigenvalue weighted by Crippen LogP contribution is 2.27. The van der Waals surface area contributed by atoms with Crippen LogP contribution in [0, 0.1) is 6.92 Å². The van der Waals surface area contributed by atoms with E-state index in [1.165, 1.54) is 6.92 Å². The molecule has 62 valence electrons. The van der Waals surface area contributed by atoms with Crippen molar-refractivity contribution in [2.24, 2.45) is 0 Å². The Bertz CT molecular complexity index is 261. The van der Waals surface area contributed by atoms with E-state index < -0.39 is 5.92 Å². The molecule has 1 rings (SSSR count). The summed E-state index contributed by atoms with van der Waals surface area (Å²) in [6.07, 6.45) is 0. The van der Waals surface area contributed by atoms with E-state index in [1.54, 1.807) is 0 Å². The topological polar surface area (TPSA) is 54.7 Å². The average molecular weight is 161 g/mol. The molecule has 0 aliphatic heterocycles. The summed E-state index contributed by atoms with van der Waals surface area (Å²) in [5.74, 6) is -2.89. The molecule has 0 aliphatic carbocycles. The van der Waals surface area contributed by atoms with Crippen molar-refractivity contribution in [3.05, 3.63) is 11.4 Å². The number of anilines is 1. The Morgan fingerprint density at radius 1 is 1.55 bits per heavy atom. The van der Waals surface area contributed by atoms with E-state index >= 15 is 0 Å². The molecule has 0 bridgehead atoms. The Labute approximate surface area is 62.6 Å². The Morgan fingerprint density at radius 2 is 2.09 bits per heavy atom. The van der Waals surface area contributed by atoms with Gasteiger partial charge in [-0.3, -0.25) is 0 Å². The molecule has 0 aliphatic rings. The third kappa shape index (κ3) is 1.47. The van der Waals surface area contributed by atoms with Gasteiger partial charge in [0.15, 0.2) is 5.95 Å². The van der Waals surface area contributed by atoms with Crippen LogP contribution < -0.4 is 5.73 Å². The maximum Gasteiger partial charge on any atom is 0.288 e. The minimum absolute atomic E-state index is 0.0269. The molecular weight excluding hydrogens is 152 g/mol. The van der Waals surface area contributed by atoms with E-state index in [2.05, 4.69) is 9.97 Å². The molecule has 1 heterocycles. The summed E-state index contributed by atoms with van der Waals surface area (Å²) in [6, 6.07) is 0. The Morgan fingerprint density at radius 3 is 2.27 bits per heavy atom. The summed E-state index contributed by atoms with van der Waals surface area (Å²) in [4.78, 5) is 5.95. The molecule has 3 nitrogen and oxygen atoms in total. The van der Waals surface area contributed by atoms with Crippen molar-refractivity contribution in [2.45, 2.75) is 19.8 Å². The number of alkyl halides is 2. The minimum Gasteiger partial charge on any atom is -0.369 e. The van der Waals surface area contributed by atoms with Crippen LogP contribution in [0.4, 0.5) is 14.7 Å². The van der Waals surface area contributed by atoms with Gasteiger partial charge in [-0.25, -0.2) is 4.98 Å². The van der Waals surface area contributed by atoms with Crippen molar-refractivity contribution < 1.29 is 8.78 Å². The smallest absolute Gasteiger partial charge is 0.288 e. The molecule has 11 heavy (non-hydrogen) atoms. The number of hydrogen-bond acceptors (Lipinski definition) is 2. The highest BCUT2D eigenvalue weighted by molar-refractivity contribution is 5.27. The van der Waals surface area contributed by atoms with Gasteiger partial charge in [0.2, 0.25) is 0 Å². The Hall–Kier alpha value is -1.13. The first-order valence-corrected chi connectivity index (χ1v) is 3.11. The summed E-state index contributed by atoms with van der Waals surface area (Å²) in [6.45, 7) is 2.30. The van der Waals surface area contributed by atoms with Gasteiger partial charge in [0.25, 0.3) is 5.92 Å². The van der Waals surface area contributed by atoms with Gasteiger partial charge >= 0.3 is 0 Å². The van der Waals surface area contributed by atoms with Crippen molar-refractivity contribution in [2.75, 3.05) is 5.73 Å². The summed E-state index contributed by atoms with van der Waals surface area (Å²) < 4.78 is 25.2. The number of halogens is 2. The van der Waals surface area contributed by atoms with Crippen molar-refractivity contribution in [1.82, 2.24) is 9.97 Å². The molecule has 1 aromatic rings. The maximum absolute atomic E-state index is 12.6. The highest BCUT2D eigenvalue weighted by atomic mass is 19.3. The molecule has 0 atom stereocenters. The maximum atomic E-state index is 12.6. The number of aromatic nitrogens is 2. The van der Waals surface area contributed by atoms with Crippen molar-refractivity contribution in [1.29, 1.82) is 0 Å². The fourth-order valence-electron chi connectivity index (χ4n) is 0.911. The van der Waals surface area contributed by atoms with Crippen LogP contribution in [0.2, 0.25) is 0 Å². The van der Waals surface area contributed by atoms with Gasteiger partial charge in [0.1, 0.15) is 5.69 Å². The standard InChI is InChI=1S/C6H9F2N3/c1-3-4(6(2,7)8)11-5(9)10-3/h1-2H3,(H3,9,10,11). The molecule has 0 spiro atoms. The van der Waals surface area contributed by atoms with E-state index in [4.69, 9.17) is 5.73 Å². The molecule has 0 amide bonds. The second kappa shape index (κ2) is 2.18. The number of nitrogens with one attached hydrogen (secondary N) is 1. The predicted molar refractivity (Wildman–Crippen MR) is 37.3 cm³/mol. The Kier molecular flexibility index (Phi) is 1.58. The van der Waals surface area contributed by atoms with Crippen LogP contribution in [-0.2, 0) is 5.92 Å².